The molecule has 0 radical (unpaired) electrons. The van der Waals surface area contributed by atoms with Gasteiger partial charge in [-0.2, -0.15) is 17.0 Å². The molecular weight excluding hydrogens is 216 g/mol. The van der Waals surface area contributed by atoms with Crippen molar-refractivity contribution in [1.29, 1.82) is 5.26 Å². The Labute approximate surface area is 105 Å². The Balaban J connectivity index is 3.53. The number of thioether (sulfide) groups is 1. The highest BCUT2D eigenvalue weighted by molar-refractivity contribution is 7.99. The van der Waals surface area contributed by atoms with Gasteiger partial charge in [-0.1, -0.05) is 20.8 Å². The van der Waals surface area contributed by atoms with E-state index >= 15 is 0 Å². The van der Waals surface area contributed by atoms with Crippen LogP contribution in [0, 0.1) is 17.2 Å². The van der Waals surface area contributed by atoms with Crippen molar-refractivity contribution in [3.05, 3.63) is 0 Å². The average Bonchev–Trinajstić information content (AvgIpc) is 2.23. The lowest BCUT2D eigenvalue weighted by Crippen LogP contribution is -2.40. The van der Waals surface area contributed by atoms with Crippen LogP contribution in [0.2, 0.25) is 0 Å². The first-order chi connectivity index (χ1) is 7.54. The van der Waals surface area contributed by atoms with Gasteiger partial charge in [0, 0.05) is 0 Å². The molecule has 0 saturated heterocycles. The SMILES string of the molecule is CCNC(C)(C#N)CCCCSCC(C)C. The summed E-state index contributed by atoms with van der Waals surface area (Å²) in [5.41, 5.74) is -0.322. The molecule has 16 heavy (non-hydrogen) atoms. The largest absolute Gasteiger partial charge is 0.300 e. The molecule has 0 aliphatic heterocycles. The summed E-state index contributed by atoms with van der Waals surface area (Å²) in [5.74, 6) is 3.27. The number of unbranched alkanes of at least 4 members (excludes halogenated alkanes) is 1. The van der Waals surface area contributed by atoms with E-state index in [0.29, 0.717) is 0 Å². The summed E-state index contributed by atoms with van der Waals surface area (Å²) in [6, 6.07) is 2.37. The monoisotopic (exact) mass is 242 g/mol. The van der Waals surface area contributed by atoms with Crippen LogP contribution in [0.5, 0.6) is 0 Å². The van der Waals surface area contributed by atoms with Gasteiger partial charge in [-0.05, 0) is 50.2 Å². The number of nitrogens with one attached hydrogen (secondary N) is 1. The van der Waals surface area contributed by atoms with E-state index in [9.17, 15) is 0 Å². The van der Waals surface area contributed by atoms with Gasteiger partial charge in [0.05, 0.1) is 6.07 Å². The minimum Gasteiger partial charge on any atom is -0.300 e. The summed E-state index contributed by atoms with van der Waals surface area (Å²) in [6.45, 7) is 9.42. The molecule has 0 aliphatic rings. The van der Waals surface area contributed by atoms with E-state index in [4.69, 9.17) is 5.26 Å². The van der Waals surface area contributed by atoms with E-state index in [1.165, 1.54) is 17.9 Å². The molecule has 3 heteroatoms. The molecule has 0 rings (SSSR count). The predicted octanol–water partition coefficient (Wildman–Crippen LogP) is 3.44. The van der Waals surface area contributed by atoms with E-state index in [1.807, 2.05) is 25.6 Å². The fourth-order valence-electron chi connectivity index (χ4n) is 1.58. The van der Waals surface area contributed by atoms with Gasteiger partial charge in [-0.25, -0.2) is 0 Å². The molecule has 94 valence electrons. The van der Waals surface area contributed by atoms with Crippen molar-refractivity contribution in [1.82, 2.24) is 5.32 Å². The first kappa shape index (κ1) is 15.8. The second-order valence-electron chi connectivity index (χ2n) is 4.90. The summed E-state index contributed by atoms with van der Waals surface area (Å²) in [5, 5.41) is 12.3. The lowest BCUT2D eigenvalue weighted by molar-refractivity contribution is 0.415. The summed E-state index contributed by atoms with van der Waals surface area (Å²) in [6.07, 6.45) is 3.32. The van der Waals surface area contributed by atoms with Crippen molar-refractivity contribution in [3.63, 3.8) is 0 Å². The number of hydrogen-bond acceptors (Lipinski definition) is 3. The second-order valence-corrected chi connectivity index (χ2v) is 6.05. The summed E-state index contributed by atoms with van der Waals surface area (Å²) in [7, 11) is 0. The van der Waals surface area contributed by atoms with Crippen LogP contribution < -0.4 is 5.32 Å². The third-order valence-electron chi connectivity index (χ3n) is 2.48. The van der Waals surface area contributed by atoms with Gasteiger partial charge in [-0.15, -0.1) is 0 Å². The maximum absolute atomic E-state index is 9.07. The van der Waals surface area contributed by atoms with Gasteiger partial charge in [0.1, 0.15) is 5.54 Å². The Hall–Kier alpha value is -0.200. The van der Waals surface area contributed by atoms with Crippen LogP contribution in [0.1, 0.15) is 47.0 Å². The number of nitrogens with zero attached hydrogens (tertiary/aromatic N) is 1. The standard InChI is InChI=1S/C13H26N2S/c1-5-15-13(4,11-14)8-6-7-9-16-10-12(2)3/h12,15H,5-10H2,1-4H3. The quantitative estimate of drug-likeness (QED) is 0.629. The first-order valence-electron chi connectivity index (χ1n) is 6.28. The van der Waals surface area contributed by atoms with Crippen molar-refractivity contribution < 1.29 is 0 Å². The van der Waals surface area contributed by atoms with E-state index < -0.39 is 0 Å². The highest BCUT2D eigenvalue weighted by atomic mass is 32.2. The van der Waals surface area contributed by atoms with Crippen LogP contribution >= 0.6 is 11.8 Å². The summed E-state index contributed by atoms with van der Waals surface area (Å²) < 4.78 is 0. The lowest BCUT2D eigenvalue weighted by atomic mass is 9.97. The van der Waals surface area contributed by atoms with E-state index in [0.717, 1.165) is 25.3 Å². The second kappa shape index (κ2) is 8.90. The summed E-state index contributed by atoms with van der Waals surface area (Å²) in [4.78, 5) is 0. The van der Waals surface area contributed by atoms with Crippen molar-refractivity contribution in [2.75, 3.05) is 18.1 Å². The third kappa shape index (κ3) is 8.01. The maximum atomic E-state index is 9.07. The molecule has 2 nitrogen and oxygen atoms in total. The van der Waals surface area contributed by atoms with Crippen LogP contribution in [0.15, 0.2) is 0 Å². The minimum atomic E-state index is -0.322. The number of rotatable bonds is 9. The molecule has 0 spiro atoms. The van der Waals surface area contributed by atoms with Gasteiger partial charge >= 0.3 is 0 Å². The molecule has 0 bridgehead atoms. The molecular formula is C13H26N2S. The smallest absolute Gasteiger partial charge is 0.103 e. The van der Waals surface area contributed by atoms with Gasteiger partial charge in [-0.3, -0.25) is 5.32 Å². The maximum Gasteiger partial charge on any atom is 0.103 e. The molecule has 0 heterocycles. The van der Waals surface area contributed by atoms with E-state index in [-0.39, 0.29) is 5.54 Å². The Kier molecular flexibility index (Phi) is 8.78. The topological polar surface area (TPSA) is 35.8 Å². The van der Waals surface area contributed by atoms with Crippen molar-refractivity contribution in [2.45, 2.75) is 52.5 Å². The van der Waals surface area contributed by atoms with Crippen LogP contribution in [0.4, 0.5) is 0 Å². The molecule has 1 unspecified atom stereocenters. The van der Waals surface area contributed by atoms with Crippen LogP contribution in [0.3, 0.4) is 0 Å². The normalized spacial score (nSPS) is 14.8. The predicted molar refractivity (Wildman–Crippen MR) is 73.7 cm³/mol. The molecule has 0 amide bonds. The molecule has 1 N–H and O–H groups in total. The molecule has 0 aromatic heterocycles. The first-order valence-corrected chi connectivity index (χ1v) is 7.43. The Morgan fingerprint density at radius 2 is 2.06 bits per heavy atom. The molecule has 1 atom stereocenters. The van der Waals surface area contributed by atoms with Crippen LogP contribution in [-0.4, -0.2) is 23.6 Å². The molecule has 0 fully saturated rings. The molecule has 0 saturated carbocycles. The van der Waals surface area contributed by atoms with Crippen molar-refractivity contribution in [3.8, 4) is 6.07 Å². The highest BCUT2D eigenvalue weighted by Gasteiger charge is 2.20. The van der Waals surface area contributed by atoms with Gasteiger partial charge in [0.15, 0.2) is 0 Å². The molecule has 0 aromatic carbocycles. The Morgan fingerprint density at radius 1 is 1.38 bits per heavy atom. The average molecular weight is 242 g/mol. The fourth-order valence-corrected chi connectivity index (χ4v) is 2.62. The highest BCUT2D eigenvalue weighted by Crippen LogP contribution is 2.15. The number of hydrogen-bond donors (Lipinski definition) is 1. The number of nitriles is 1. The van der Waals surface area contributed by atoms with Gasteiger partial charge in [0.25, 0.3) is 0 Å². The van der Waals surface area contributed by atoms with E-state index in [1.54, 1.807) is 0 Å². The van der Waals surface area contributed by atoms with E-state index in [2.05, 4.69) is 25.2 Å². The van der Waals surface area contributed by atoms with Gasteiger partial charge < -0.3 is 0 Å². The van der Waals surface area contributed by atoms with Gasteiger partial charge in [0.2, 0.25) is 0 Å². The zero-order valence-corrected chi connectivity index (χ0v) is 12.0. The zero-order chi connectivity index (χ0) is 12.4. The minimum absolute atomic E-state index is 0.322. The molecule has 0 aromatic rings. The van der Waals surface area contributed by atoms with Crippen molar-refractivity contribution >= 4 is 11.8 Å². The zero-order valence-electron chi connectivity index (χ0n) is 11.2. The van der Waals surface area contributed by atoms with Crippen molar-refractivity contribution in [2.24, 2.45) is 5.92 Å². The summed E-state index contributed by atoms with van der Waals surface area (Å²) >= 11 is 2.03. The van der Waals surface area contributed by atoms with Crippen LogP contribution in [-0.2, 0) is 0 Å². The molecule has 0 aliphatic carbocycles. The van der Waals surface area contributed by atoms with Crippen LogP contribution in [0.25, 0.3) is 0 Å². The lowest BCUT2D eigenvalue weighted by Gasteiger charge is -2.22. The Bertz CT molecular complexity index is 210. The Morgan fingerprint density at radius 3 is 2.56 bits per heavy atom. The fraction of sp³-hybridized carbons (Fsp3) is 0.923. The third-order valence-corrected chi connectivity index (χ3v) is 3.96.